The average Bonchev–Trinajstić information content (AvgIpc) is 2.89. The van der Waals surface area contributed by atoms with Crippen LogP contribution in [0, 0.1) is 23.2 Å². The molecule has 14 heavy (non-hydrogen) atoms. The van der Waals surface area contributed by atoms with Crippen LogP contribution in [0.4, 0.5) is 0 Å². The number of hydrogen-bond acceptors (Lipinski definition) is 2. The minimum Gasteiger partial charge on any atom is -0.350 e. The van der Waals surface area contributed by atoms with Gasteiger partial charge in [0.05, 0.1) is 6.07 Å². The Balaban J connectivity index is 1.94. The van der Waals surface area contributed by atoms with Crippen molar-refractivity contribution in [3.8, 4) is 6.07 Å². The molecule has 0 aromatic heterocycles. The van der Waals surface area contributed by atoms with Gasteiger partial charge >= 0.3 is 0 Å². The maximum absolute atomic E-state index is 8.82. The van der Waals surface area contributed by atoms with Crippen LogP contribution in [0.3, 0.4) is 0 Å². The van der Waals surface area contributed by atoms with Gasteiger partial charge in [0.1, 0.15) is 5.60 Å². The van der Waals surface area contributed by atoms with E-state index in [1.165, 1.54) is 19.3 Å². The summed E-state index contributed by atoms with van der Waals surface area (Å²) in [5, 5.41) is 8.82. The number of rotatable bonds is 1. The van der Waals surface area contributed by atoms with E-state index in [0.29, 0.717) is 0 Å². The molecule has 0 N–H and O–H groups in total. The van der Waals surface area contributed by atoms with Gasteiger partial charge in [0.15, 0.2) is 6.10 Å². The lowest BCUT2D eigenvalue weighted by molar-refractivity contribution is 0.265. The molecule has 0 bridgehead atoms. The van der Waals surface area contributed by atoms with Gasteiger partial charge < -0.3 is 4.74 Å². The van der Waals surface area contributed by atoms with Gasteiger partial charge in [0.2, 0.25) is 0 Å². The number of epoxide rings is 1. The van der Waals surface area contributed by atoms with Gasteiger partial charge in [0.25, 0.3) is 0 Å². The summed E-state index contributed by atoms with van der Waals surface area (Å²) in [5.74, 6) is 1.63. The summed E-state index contributed by atoms with van der Waals surface area (Å²) in [7, 11) is 0. The third-order valence-electron chi connectivity index (χ3n) is 3.95. The van der Waals surface area contributed by atoms with E-state index in [0.717, 1.165) is 24.7 Å². The Labute approximate surface area is 86.2 Å². The van der Waals surface area contributed by atoms with Crippen LogP contribution < -0.4 is 0 Å². The van der Waals surface area contributed by atoms with Gasteiger partial charge in [-0.1, -0.05) is 26.7 Å². The normalized spacial score (nSPS) is 42.1. The van der Waals surface area contributed by atoms with Crippen molar-refractivity contribution in [3.05, 3.63) is 0 Å². The summed E-state index contributed by atoms with van der Waals surface area (Å²) in [6.45, 7) is 4.61. The van der Waals surface area contributed by atoms with Crippen molar-refractivity contribution in [2.45, 2.75) is 57.7 Å². The fraction of sp³-hybridized carbons (Fsp3) is 0.917. The molecule has 1 aliphatic carbocycles. The maximum atomic E-state index is 8.82. The zero-order valence-corrected chi connectivity index (χ0v) is 9.12. The molecule has 1 saturated heterocycles. The van der Waals surface area contributed by atoms with Gasteiger partial charge in [-0.15, -0.1) is 0 Å². The second-order valence-corrected chi connectivity index (χ2v) is 5.13. The SMILES string of the molecule is CC(C)C1CCCC2(CC1)OC2C#N. The van der Waals surface area contributed by atoms with E-state index in [1.54, 1.807) is 0 Å². The molecule has 0 amide bonds. The van der Waals surface area contributed by atoms with Crippen LogP contribution in [0.2, 0.25) is 0 Å². The zero-order valence-electron chi connectivity index (χ0n) is 9.12. The third-order valence-corrected chi connectivity index (χ3v) is 3.95. The molecule has 3 atom stereocenters. The Morgan fingerprint density at radius 1 is 1.36 bits per heavy atom. The van der Waals surface area contributed by atoms with Crippen LogP contribution in [0.5, 0.6) is 0 Å². The highest BCUT2D eigenvalue weighted by Crippen LogP contribution is 2.48. The first-order valence-corrected chi connectivity index (χ1v) is 5.75. The summed E-state index contributed by atoms with van der Waals surface area (Å²) in [4.78, 5) is 0. The number of ether oxygens (including phenoxy) is 1. The summed E-state index contributed by atoms with van der Waals surface area (Å²) in [6.07, 6.45) is 5.92. The maximum Gasteiger partial charge on any atom is 0.173 e. The molecule has 3 unspecified atom stereocenters. The monoisotopic (exact) mass is 193 g/mol. The van der Waals surface area contributed by atoms with Gasteiger partial charge in [-0.25, -0.2) is 0 Å². The molecule has 78 valence electrons. The zero-order chi connectivity index (χ0) is 10.2. The summed E-state index contributed by atoms with van der Waals surface area (Å²) in [5.41, 5.74) is -0.0155. The standard InChI is InChI=1S/C12H19NO/c1-9(2)10-4-3-6-12(7-5-10)11(8-13)14-12/h9-11H,3-7H2,1-2H3. The summed E-state index contributed by atoms with van der Waals surface area (Å²) < 4.78 is 5.54. The van der Waals surface area contributed by atoms with E-state index in [2.05, 4.69) is 19.9 Å². The lowest BCUT2D eigenvalue weighted by atomic mass is 9.88. The lowest BCUT2D eigenvalue weighted by Crippen LogP contribution is -2.13. The van der Waals surface area contributed by atoms with Crippen molar-refractivity contribution >= 4 is 0 Å². The molecular formula is C12H19NO. The second kappa shape index (κ2) is 3.55. The molecule has 2 nitrogen and oxygen atoms in total. The van der Waals surface area contributed by atoms with E-state index in [9.17, 15) is 0 Å². The fourth-order valence-electron chi connectivity index (χ4n) is 2.75. The van der Waals surface area contributed by atoms with Crippen molar-refractivity contribution in [3.63, 3.8) is 0 Å². The highest BCUT2D eigenvalue weighted by atomic mass is 16.6. The van der Waals surface area contributed by atoms with Crippen molar-refractivity contribution in [1.82, 2.24) is 0 Å². The van der Waals surface area contributed by atoms with Crippen molar-refractivity contribution in [2.75, 3.05) is 0 Å². The molecular weight excluding hydrogens is 174 g/mol. The average molecular weight is 193 g/mol. The number of nitrogens with zero attached hydrogens (tertiary/aromatic N) is 1. The van der Waals surface area contributed by atoms with Crippen LogP contribution in [-0.4, -0.2) is 11.7 Å². The van der Waals surface area contributed by atoms with Gasteiger partial charge in [-0.05, 0) is 31.1 Å². The first-order chi connectivity index (χ1) is 6.68. The highest BCUT2D eigenvalue weighted by molar-refractivity contribution is 5.14. The van der Waals surface area contributed by atoms with Gasteiger partial charge in [0, 0.05) is 0 Å². The van der Waals surface area contributed by atoms with Crippen molar-refractivity contribution in [1.29, 1.82) is 5.26 Å². The smallest absolute Gasteiger partial charge is 0.173 e. The Hall–Kier alpha value is -0.550. The predicted molar refractivity (Wildman–Crippen MR) is 54.6 cm³/mol. The number of hydrogen-bond donors (Lipinski definition) is 0. The third kappa shape index (κ3) is 1.66. The largest absolute Gasteiger partial charge is 0.350 e. The van der Waals surface area contributed by atoms with E-state index < -0.39 is 0 Å². The first-order valence-electron chi connectivity index (χ1n) is 5.75. The predicted octanol–water partition coefficient (Wildman–Crippen LogP) is 2.88. The molecule has 0 aromatic carbocycles. The summed E-state index contributed by atoms with van der Waals surface area (Å²) >= 11 is 0. The Morgan fingerprint density at radius 3 is 2.71 bits per heavy atom. The van der Waals surface area contributed by atoms with Crippen molar-refractivity contribution < 1.29 is 4.74 Å². The topological polar surface area (TPSA) is 36.3 Å². The molecule has 0 aromatic rings. The minimum atomic E-state index is -0.0894. The molecule has 1 saturated carbocycles. The second-order valence-electron chi connectivity index (χ2n) is 5.13. The first kappa shape index (κ1) is 9.98. The van der Waals surface area contributed by atoms with Crippen LogP contribution in [0.15, 0.2) is 0 Å². The van der Waals surface area contributed by atoms with Crippen LogP contribution >= 0.6 is 0 Å². The Kier molecular flexibility index (Phi) is 2.53. The molecule has 2 heteroatoms. The number of nitriles is 1. The fourth-order valence-corrected chi connectivity index (χ4v) is 2.75. The molecule has 0 radical (unpaired) electrons. The van der Waals surface area contributed by atoms with E-state index in [1.807, 2.05) is 0 Å². The van der Waals surface area contributed by atoms with E-state index in [-0.39, 0.29) is 11.7 Å². The van der Waals surface area contributed by atoms with Gasteiger partial charge in [-0.2, -0.15) is 5.26 Å². The van der Waals surface area contributed by atoms with Crippen LogP contribution in [-0.2, 0) is 4.74 Å². The van der Waals surface area contributed by atoms with Crippen LogP contribution in [0.25, 0.3) is 0 Å². The molecule has 2 aliphatic rings. The quantitative estimate of drug-likeness (QED) is 0.600. The summed E-state index contributed by atoms with van der Waals surface area (Å²) in [6, 6.07) is 2.25. The van der Waals surface area contributed by atoms with Crippen molar-refractivity contribution in [2.24, 2.45) is 11.8 Å². The molecule has 2 fully saturated rings. The van der Waals surface area contributed by atoms with Crippen LogP contribution in [0.1, 0.15) is 46.0 Å². The Bertz CT molecular complexity index is 256. The highest BCUT2D eigenvalue weighted by Gasteiger charge is 2.56. The minimum absolute atomic E-state index is 0.0155. The van der Waals surface area contributed by atoms with Gasteiger partial charge in [-0.3, -0.25) is 0 Å². The molecule has 2 rings (SSSR count). The Morgan fingerprint density at radius 2 is 2.14 bits per heavy atom. The molecule has 1 heterocycles. The molecule has 1 spiro atoms. The molecule has 1 aliphatic heterocycles. The lowest BCUT2D eigenvalue weighted by Gasteiger charge is -2.17. The van der Waals surface area contributed by atoms with E-state index in [4.69, 9.17) is 10.00 Å². The van der Waals surface area contributed by atoms with E-state index >= 15 is 0 Å².